The first-order chi connectivity index (χ1) is 24.4. The van der Waals surface area contributed by atoms with Gasteiger partial charge in [0.15, 0.2) is 5.82 Å². The SMILES string of the molecule is Cc1csc(-c2cc(N3C[C@@H](Oc4ncc(C5=CCN(C(=O)OC(C)C)C5)cc4N4CCOC5(COC5)[C@@H]4C)C[C@H]3C(=O)O)nc(C(F)F)n2)c1. The minimum absolute atomic E-state index is 0.0637. The molecule has 1 spiro atoms. The van der Waals surface area contributed by atoms with Gasteiger partial charge in [-0.3, -0.25) is 0 Å². The summed E-state index contributed by atoms with van der Waals surface area (Å²) in [5.41, 5.74) is 3.19. The topological polar surface area (TPSA) is 140 Å². The van der Waals surface area contributed by atoms with Crippen LogP contribution < -0.4 is 14.5 Å². The smallest absolute Gasteiger partial charge is 0.410 e. The molecule has 51 heavy (non-hydrogen) atoms. The van der Waals surface area contributed by atoms with Gasteiger partial charge in [0.05, 0.1) is 49.1 Å². The third-order valence-corrected chi connectivity index (χ3v) is 10.8. The fourth-order valence-electron chi connectivity index (χ4n) is 6.91. The molecule has 3 fully saturated rings. The number of rotatable bonds is 9. The summed E-state index contributed by atoms with van der Waals surface area (Å²) in [6.45, 7) is 10.3. The normalized spacial score (nSPS) is 22.9. The number of carbonyl (C=O) groups is 2. The van der Waals surface area contributed by atoms with Crippen molar-refractivity contribution < 1.29 is 42.4 Å². The number of ether oxygens (including phenoxy) is 4. The van der Waals surface area contributed by atoms with Crippen LogP contribution in [0.2, 0.25) is 0 Å². The zero-order chi connectivity index (χ0) is 36.0. The number of alkyl halides is 2. The number of carboxylic acid groups (broad SMARTS) is 1. The Labute approximate surface area is 297 Å². The van der Waals surface area contributed by atoms with Crippen LogP contribution >= 0.6 is 11.3 Å². The van der Waals surface area contributed by atoms with Crippen molar-refractivity contribution in [3.8, 4) is 16.5 Å². The fraction of sp³-hybridized carbons (Fsp3) is 0.514. The van der Waals surface area contributed by atoms with Crippen molar-refractivity contribution in [2.24, 2.45) is 0 Å². The van der Waals surface area contributed by atoms with Crippen LogP contribution in [0.25, 0.3) is 16.1 Å². The lowest BCUT2D eigenvalue weighted by molar-refractivity contribution is -0.228. The third-order valence-electron chi connectivity index (χ3n) is 9.70. The van der Waals surface area contributed by atoms with Crippen LogP contribution in [0.15, 0.2) is 35.9 Å². The Morgan fingerprint density at radius 2 is 1.96 bits per heavy atom. The second-order valence-corrected chi connectivity index (χ2v) is 14.5. The molecule has 3 aromatic rings. The van der Waals surface area contributed by atoms with Gasteiger partial charge >= 0.3 is 12.1 Å². The number of aromatic nitrogens is 3. The van der Waals surface area contributed by atoms with Crippen LogP contribution in [-0.4, -0.2) is 113 Å². The molecular formula is C35H40F2N6O7S. The Kier molecular flexibility index (Phi) is 9.58. The number of nitrogens with zero attached hydrogens (tertiary/aromatic N) is 6. The molecule has 16 heteroatoms. The summed E-state index contributed by atoms with van der Waals surface area (Å²) in [6, 6.07) is 4.19. The summed E-state index contributed by atoms with van der Waals surface area (Å²) in [7, 11) is 0. The molecule has 4 aliphatic heterocycles. The number of hydrogen-bond acceptors (Lipinski definition) is 12. The molecule has 3 atom stereocenters. The lowest BCUT2D eigenvalue weighted by Crippen LogP contribution is -2.68. The van der Waals surface area contributed by atoms with E-state index in [4.69, 9.17) is 23.9 Å². The molecule has 7 rings (SSSR count). The van der Waals surface area contributed by atoms with Crippen molar-refractivity contribution in [1.82, 2.24) is 19.9 Å². The second kappa shape index (κ2) is 14.0. The number of halogens is 2. The molecule has 0 bridgehead atoms. The van der Waals surface area contributed by atoms with E-state index in [-0.39, 0.29) is 37.0 Å². The van der Waals surface area contributed by atoms with Crippen LogP contribution in [-0.2, 0) is 19.0 Å². The third kappa shape index (κ3) is 6.96. The molecule has 7 heterocycles. The van der Waals surface area contributed by atoms with Crippen molar-refractivity contribution in [2.45, 2.75) is 70.4 Å². The molecule has 1 amide bonds. The first-order valence-electron chi connectivity index (χ1n) is 16.9. The first-order valence-corrected chi connectivity index (χ1v) is 17.8. The molecular weight excluding hydrogens is 686 g/mol. The number of aliphatic carboxylic acids is 1. The monoisotopic (exact) mass is 726 g/mol. The van der Waals surface area contributed by atoms with E-state index < -0.39 is 36.0 Å². The molecule has 0 aliphatic carbocycles. The van der Waals surface area contributed by atoms with Gasteiger partial charge in [-0.1, -0.05) is 6.08 Å². The second-order valence-electron chi connectivity index (χ2n) is 13.6. The number of aryl methyl sites for hydroxylation is 1. The number of carbonyl (C=O) groups excluding carboxylic acids is 1. The minimum Gasteiger partial charge on any atom is -0.480 e. The molecule has 0 unspecified atom stereocenters. The Balaban J connectivity index is 1.19. The molecule has 4 aliphatic rings. The van der Waals surface area contributed by atoms with Gasteiger partial charge in [0, 0.05) is 38.3 Å². The molecule has 13 nitrogen and oxygen atoms in total. The molecule has 1 N–H and O–H groups in total. The van der Waals surface area contributed by atoms with Gasteiger partial charge < -0.3 is 38.8 Å². The maximum atomic E-state index is 14.0. The van der Waals surface area contributed by atoms with Crippen molar-refractivity contribution >= 4 is 40.5 Å². The maximum absolute atomic E-state index is 14.0. The molecule has 3 saturated heterocycles. The molecule has 272 valence electrons. The van der Waals surface area contributed by atoms with Crippen molar-refractivity contribution in [2.75, 3.05) is 55.8 Å². The lowest BCUT2D eigenvalue weighted by atomic mass is 9.90. The van der Waals surface area contributed by atoms with Crippen molar-refractivity contribution in [3.05, 3.63) is 52.8 Å². The van der Waals surface area contributed by atoms with E-state index in [1.54, 1.807) is 31.0 Å². The predicted molar refractivity (Wildman–Crippen MR) is 185 cm³/mol. The first kappa shape index (κ1) is 35.0. The molecule has 0 saturated carbocycles. The molecule has 0 aromatic carbocycles. The number of hydrogen-bond donors (Lipinski definition) is 1. The zero-order valence-corrected chi connectivity index (χ0v) is 29.6. The summed E-state index contributed by atoms with van der Waals surface area (Å²) in [5.74, 6) is -1.41. The van der Waals surface area contributed by atoms with Gasteiger partial charge in [0.1, 0.15) is 29.3 Å². The van der Waals surface area contributed by atoms with Crippen LogP contribution in [0.1, 0.15) is 50.6 Å². The summed E-state index contributed by atoms with van der Waals surface area (Å²) in [6.07, 6.45) is -0.517. The lowest BCUT2D eigenvalue weighted by Gasteiger charge is -2.53. The highest BCUT2D eigenvalue weighted by atomic mass is 32.1. The van der Waals surface area contributed by atoms with Gasteiger partial charge in [-0.05, 0) is 61.9 Å². The highest BCUT2D eigenvalue weighted by Gasteiger charge is 2.50. The molecule has 3 aromatic heterocycles. The number of anilines is 2. The number of morpholine rings is 1. The summed E-state index contributed by atoms with van der Waals surface area (Å²) >= 11 is 1.36. The highest BCUT2D eigenvalue weighted by molar-refractivity contribution is 7.13. The Bertz CT molecular complexity index is 1840. The van der Waals surface area contributed by atoms with Crippen LogP contribution in [0.4, 0.5) is 25.1 Å². The summed E-state index contributed by atoms with van der Waals surface area (Å²) < 4.78 is 51.7. The highest BCUT2D eigenvalue weighted by Crippen LogP contribution is 2.41. The van der Waals surface area contributed by atoms with E-state index in [1.807, 2.05) is 30.5 Å². The zero-order valence-electron chi connectivity index (χ0n) is 28.8. The van der Waals surface area contributed by atoms with E-state index in [0.717, 1.165) is 16.7 Å². The van der Waals surface area contributed by atoms with Crippen molar-refractivity contribution in [3.63, 3.8) is 0 Å². The van der Waals surface area contributed by atoms with Gasteiger partial charge in [-0.2, -0.15) is 0 Å². The number of thiophene rings is 1. The van der Waals surface area contributed by atoms with Gasteiger partial charge in [-0.25, -0.2) is 33.3 Å². The van der Waals surface area contributed by atoms with E-state index in [9.17, 15) is 23.5 Å². The Morgan fingerprint density at radius 1 is 1.16 bits per heavy atom. The van der Waals surface area contributed by atoms with Crippen LogP contribution in [0.5, 0.6) is 5.88 Å². The van der Waals surface area contributed by atoms with E-state index in [2.05, 4.69) is 21.8 Å². The van der Waals surface area contributed by atoms with Crippen LogP contribution in [0, 0.1) is 6.92 Å². The van der Waals surface area contributed by atoms with Gasteiger partial charge in [-0.15, -0.1) is 11.3 Å². The number of amides is 1. The van der Waals surface area contributed by atoms with Gasteiger partial charge in [0.2, 0.25) is 5.88 Å². The summed E-state index contributed by atoms with van der Waals surface area (Å²) in [5, 5.41) is 12.2. The maximum Gasteiger partial charge on any atom is 0.410 e. The van der Waals surface area contributed by atoms with Gasteiger partial charge in [0.25, 0.3) is 6.43 Å². The minimum atomic E-state index is -2.95. The van der Waals surface area contributed by atoms with E-state index in [0.29, 0.717) is 61.6 Å². The predicted octanol–water partition coefficient (Wildman–Crippen LogP) is 5.20. The number of pyridine rings is 1. The summed E-state index contributed by atoms with van der Waals surface area (Å²) in [4.78, 5) is 44.1. The standard InChI is InChI=1S/C35H40F2N6O7S/c1-19(2)49-34(46)41-6-5-22(14-41)23-10-26(42-7-8-48-35(21(42)4)17-47-18-35)32(38-13-23)50-24-11-27(33(44)45)43(15-24)29-12-25(28-9-20(3)16-51-28)39-31(40-29)30(36)37/h5,9-10,12-13,16,19,21,24,27,30H,6-8,11,14-15,17-18H2,1-4H3,(H,44,45)/t21-,24-,27-/m0/s1. The largest absolute Gasteiger partial charge is 0.480 e. The molecule has 0 radical (unpaired) electrons. The Hall–Kier alpha value is -4.41. The average molecular weight is 727 g/mol. The number of carboxylic acids is 1. The van der Waals surface area contributed by atoms with Crippen molar-refractivity contribution in [1.29, 1.82) is 0 Å². The van der Waals surface area contributed by atoms with Crippen LogP contribution in [0.3, 0.4) is 0 Å². The van der Waals surface area contributed by atoms with E-state index >= 15 is 0 Å². The van der Waals surface area contributed by atoms with E-state index in [1.165, 1.54) is 16.2 Å². The Morgan fingerprint density at radius 3 is 2.63 bits per heavy atom. The average Bonchev–Trinajstić information content (AvgIpc) is 3.84. The fourth-order valence-corrected chi connectivity index (χ4v) is 7.77. The quantitative estimate of drug-likeness (QED) is 0.310.